The molecule has 1 N–H and O–H groups in total. The molecule has 0 aliphatic carbocycles. The van der Waals surface area contributed by atoms with Crippen molar-refractivity contribution >= 4 is 27.8 Å². The molecular weight excluding hydrogens is 381 g/mol. The molecule has 24 heavy (non-hydrogen) atoms. The van der Waals surface area contributed by atoms with Crippen molar-refractivity contribution in [3.8, 4) is 0 Å². The number of hydrogen-bond acceptors (Lipinski definition) is 3. The maximum Gasteiger partial charge on any atom is 0.338 e. The number of carbonyl (C=O) groups excluding carboxylic acids is 1. The Labute approximate surface area is 146 Å². The number of amides is 1. The Hall–Kier alpha value is -2.22. The molecule has 0 unspecified atom stereocenters. The van der Waals surface area contributed by atoms with Crippen LogP contribution in [0.2, 0.25) is 0 Å². The van der Waals surface area contributed by atoms with Crippen molar-refractivity contribution in [3.63, 3.8) is 0 Å². The average molecular weight is 396 g/mol. The van der Waals surface area contributed by atoms with Crippen LogP contribution in [0.3, 0.4) is 0 Å². The van der Waals surface area contributed by atoms with Gasteiger partial charge in [0.2, 0.25) is 0 Å². The molecule has 1 fully saturated rings. The van der Waals surface area contributed by atoms with E-state index in [2.05, 4.69) is 21.0 Å². The molecule has 3 rings (SSSR count). The maximum atomic E-state index is 13.4. The highest BCUT2D eigenvalue weighted by Crippen LogP contribution is 2.25. The van der Waals surface area contributed by atoms with Gasteiger partial charge in [0, 0.05) is 23.8 Å². The molecule has 1 aliphatic rings. The summed E-state index contributed by atoms with van der Waals surface area (Å²) in [5.74, 6) is -1.68. The van der Waals surface area contributed by atoms with E-state index in [1.165, 1.54) is 30.6 Å². The number of carboxylic acids is 1. The van der Waals surface area contributed by atoms with Crippen LogP contribution in [0.1, 0.15) is 39.6 Å². The predicted molar refractivity (Wildman–Crippen MR) is 87.5 cm³/mol. The fourth-order valence-corrected chi connectivity index (χ4v) is 3.23. The Balaban J connectivity index is 1.67. The van der Waals surface area contributed by atoms with E-state index in [-0.39, 0.29) is 17.5 Å². The second-order valence-corrected chi connectivity index (χ2v) is 6.52. The summed E-state index contributed by atoms with van der Waals surface area (Å²) >= 11 is 3.28. The summed E-state index contributed by atoms with van der Waals surface area (Å²) in [6.45, 7) is 1.02. The van der Waals surface area contributed by atoms with Gasteiger partial charge in [-0.1, -0.05) is 0 Å². The monoisotopic (exact) mass is 395 g/mol. The molecule has 1 saturated heterocycles. The topological polar surface area (TPSA) is 75.4 Å². The van der Waals surface area contributed by atoms with Gasteiger partial charge in [-0.25, -0.2) is 9.18 Å². The van der Waals surface area contributed by atoms with E-state index in [0.29, 0.717) is 36.0 Å². The second-order valence-electron chi connectivity index (χ2n) is 5.66. The van der Waals surface area contributed by atoms with Gasteiger partial charge in [-0.2, -0.15) is 5.10 Å². The van der Waals surface area contributed by atoms with Crippen molar-refractivity contribution in [2.75, 3.05) is 13.1 Å². The molecule has 1 aromatic carbocycles. The highest BCUT2D eigenvalue weighted by atomic mass is 79.9. The molecule has 0 saturated carbocycles. The Bertz CT molecular complexity index is 785. The number of aromatic carboxylic acids is 1. The Morgan fingerprint density at radius 1 is 1.29 bits per heavy atom. The number of carboxylic acid groups (broad SMARTS) is 1. The van der Waals surface area contributed by atoms with Crippen molar-refractivity contribution in [1.82, 2.24) is 14.7 Å². The average Bonchev–Trinajstić information content (AvgIpc) is 3.07. The first-order chi connectivity index (χ1) is 11.5. The SMILES string of the molecule is O=C(O)c1cnn(C2CCN(C(=O)c3cc(F)ccc3Br)CC2)c1. The summed E-state index contributed by atoms with van der Waals surface area (Å²) in [5.41, 5.74) is 0.456. The van der Waals surface area contributed by atoms with Gasteiger partial charge >= 0.3 is 5.97 Å². The molecule has 0 bridgehead atoms. The zero-order valence-electron chi connectivity index (χ0n) is 12.7. The summed E-state index contributed by atoms with van der Waals surface area (Å²) in [6, 6.07) is 4.10. The van der Waals surface area contributed by atoms with Gasteiger partial charge in [-0.05, 0) is 47.0 Å². The van der Waals surface area contributed by atoms with Gasteiger partial charge in [-0.15, -0.1) is 0 Å². The van der Waals surface area contributed by atoms with E-state index >= 15 is 0 Å². The zero-order valence-corrected chi connectivity index (χ0v) is 14.2. The van der Waals surface area contributed by atoms with Gasteiger partial charge in [0.05, 0.1) is 23.4 Å². The minimum Gasteiger partial charge on any atom is -0.478 e. The molecule has 1 aromatic heterocycles. The first-order valence-corrected chi connectivity index (χ1v) is 8.27. The van der Waals surface area contributed by atoms with Crippen LogP contribution in [0.25, 0.3) is 0 Å². The number of hydrogen-bond donors (Lipinski definition) is 1. The molecule has 6 nitrogen and oxygen atoms in total. The van der Waals surface area contributed by atoms with E-state index in [0.717, 1.165) is 0 Å². The van der Waals surface area contributed by atoms with E-state index < -0.39 is 11.8 Å². The van der Waals surface area contributed by atoms with Crippen LogP contribution in [-0.2, 0) is 0 Å². The number of rotatable bonds is 3. The molecule has 1 aliphatic heterocycles. The predicted octanol–water partition coefficient (Wildman–Crippen LogP) is 2.96. The van der Waals surface area contributed by atoms with E-state index in [9.17, 15) is 14.0 Å². The van der Waals surface area contributed by atoms with Gasteiger partial charge in [0.25, 0.3) is 5.91 Å². The number of benzene rings is 1. The number of aromatic nitrogens is 2. The highest BCUT2D eigenvalue weighted by molar-refractivity contribution is 9.10. The molecule has 126 valence electrons. The van der Waals surface area contributed by atoms with Gasteiger partial charge in [-0.3, -0.25) is 9.48 Å². The maximum absolute atomic E-state index is 13.4. The lowest BCUT2D eigenvalue weighted by atomic mass is 10.0. The van der Waals surface area contributed by atoms with Crippen molar-refractivity contribution < 1.29 is 19.1 Å². The number of piperidine rings is 1. The fourth-order valence-electron chi connectivity index (χ4n) is 2.81. The third-order valence-electron chi connectivity index (χ3n) is 4.13. The third-order valence-corrected chi connectivity index (χ3v) is 4.82. The Morgan fingerprint density at radius 2 is 2.00 bits per heavy atom. The smallest absolute Gasteiger partial charge is 0.338 e. The summed E-state index contributed by atoms with van der Waals surface area (Å²) in [5, 5.41) is 13.0. The van der Waals surface area contributed by atoms with Crippen LogP contribution in [0.15, 0.2) is 35.1 Å². The van der Waals surface area contributed by atoms with Crippen LogP contribution in [0, 0.1) is 5.82 Å². The molecule has 0 atom stereocenters. The van der Waals surface area contributed by atoms with Crippen molar-refractivity contribution in [2.45, 2.75) is 18.9 Å². The minimum absolute atomic E-state index is 0.0538. The molecule has 1 amide bonds. The first kappa shape index (κ1) is 16.6. The third kappa shape index (κ3) is 3.33. The van der Waals surface area contributed by atoms with E-state index in [1.54, 1.807) is 9.58 Å². The lowest BCUT2D eigenvalue weighted by Crippen LogP contribution is -2.39. The van der Waals surface area contributed by atoms with Crippen LogP contribution in [0.4, 0.5) is 4.39 Å². The van der Waals surface area contributed by atoms with Gasteiger partial charge in [0.1, 0.15) is 5.82 Å². The molecular formula is C16H15BrFN3O3. The lowest BCUT2D eigenvalue weighted by molar-refractivity contribution is 0.0687. The lowest BCUT2D eigenvalue weighted by Gasteiger charge is -2.32. The normalized spacial score (nSPS) is 15.5. The summed E-state index contributed by atoms with van der Waals surface area (Å²) in [6.07, 6.45) is 4.16. The van der Waals surface area contributed by atoms with Crippen LogP contribution in [0.5, 0.6) is 0 Å². The number of carbonyl (C=O) groups is 2. The standard InChI is InChI=1S/C16H15BrFN3O3/c17-14-2-1-11(18)7-13(14)15(22)20-5-3-12(4-6-20)21-9-10(8-19-21)16(23)24/h1-2,7-9,12H,3-6H2,(H,23,24). The number of nitrogens with zero attached hydrogens (tertiary/aromatic N) is 3. The Kier molecular flexibility index (Phi) is 4.66. The van der Waals surface area contributed by atoms with Crippen molar-refractivity contribution in [3.05, 3.63) is 52.0 Å². The largest absolute Gasteiger partial charge is 0.478 e. The van der Waals surface area contributed by atoms with Crippen LogP contribution < -0.4 is 0 Å². The van der Waals surface area contributed by atoms with Crippen LogP contribution in [-0.4, -0.2) is 44.8 Å². The minimum atomic E-state index is -1.01. The molecule has 2 heterocycles. The Morgan fingerprint density at radius 3 is 2.62 bits per heavy atom. The zero-order chi connectivity index (χ0) is 17.3. The van der Waals surface area contributed by atoms with Crippen molar-refractivity contribution in [2.24, 2.45) is 0 Å². The van der Waals surface area contributed by atoms with E-state index in [4.69, 9.17) is 5.11 Å². The molecule has 2 aromatic rings. The first-order valence-electron chi connectivity index (χ1n) is 7.47. The van der Waals surface area contributed by atoms with Gasteiger partial charge < -0.3 is 10.0 Å². The quantitative estimate of drug-likeness (QED) is 0.866. The number of halogens is 2. The van der Waals surface area contributed by atoms with Gasteiger partial charge in [0.15, 0.2) is 0 Å². The number of likely N-dealkylation sites (tertiary alicyclic amines) is 1. The fraction of sp³-hybridized carbons (Fsp3) is 0.312. The summed E-state index contributed by atoms with van der Waals surface area (Å²) in [4.78, 5) is 25.1. The van der Waals surface area contributed by atoms with E-state index in [1.807, 2.05) is 0 Å². The van der Waals surface area contributed by atoms with Crippen LogP contribution >= 0.6 is 15.9 Å². The molecule has 0 spiro atoms. The summed E-state index contributed by atoms with van der Waals surface area (Å²) in [7, 11) is 0. The summed E-state index contributed by atoms with van der Waals surface area (Å²) < 4.78 is 15.6. The molecule has 8 heteroatoms. The van der Waals surface area contributed by atoms with Crippen molar-refractivity contribution in [1.29, 1.82) is 0 Å². The molecule has 0 radical (unpaired) electrons. The second kappa shape index (κ2) is 6.72. The highest BCUT2D eigenvalue weighted by Gasteiger charge is 2.26.